The molecule has 0 spiro atoms. The molecule has 3 atom stereocenters. The standard InChI is InChI=1S/C17H33N3O2/c1-3-16(21)9-10-18-17(22)19-13(2)14-6-5-11-20(12-14)15-7-4-8-15/h13-16,21H,3-12H2,1-2H3,(H2,18,19,22). The fraction of sp³-hybridized carbons (Fsp3) is 0.941. The minimum Gasteiger partial charge on any atom is -0.393 e. The normalized spacial score (nSPS) is 26.0. The van der Waals surface area contributed by atoms with Crippen molar-refractivity contribution in [3.8, 4) is 0 Å². The molecule has 0 bridgehead atoms. The lowest BCUT2D eigenvalue weighted by molar-refractivity contribution is 0.0678. The van der Waals surface area contributed by atoms with E-state index in [0.29, 0.717) is 18.9 Å². The van der Waals surface area contributed by atoms with E-state index in [1.807, 2.05) is 6.92 Å². The van der Waals surface area contributed by atoms with Gasteiger partial charge in [-0.25, -0.2) is 4.79 Å². The average Bonchev–Trinajstić information content (AvgIpc) is 2.45. The van der Waals surface area contributed by atoms with E-state index in [-0.39, 0.29) is 18.2 Å². The third-order valence-corrected chi connectivity index (χ3v) is 5.38. The van der Waals surface area contributed by atoms with Crippen molar-refractivity contribution in [2.75, 3.05) is 19.6 Å². The first-order valence-electron chi connectivity index (χ1n) is 9.06. The lowest BCUT2D eigenvalue weighted by Crippen LogP contribution is -2.52. The zero-order valence-corrected chi connectivity index (χ0v) is 14.2. The molecular formula is C17H33N3O2. The van der Waals surface area contributed by atoms with Crippen LogP contribution in [0.3, 0.4) is 0 Å². The van der Waals surface area contributed by atoms with Crippen molar-refractivity contribution in [1.29, 1.82) is 0 Å². The second-order valence-electron chi connectivity index (χ2n) is 7.02. The Bertz CT molecular complexity index is 347. The maximum absolute atomic E-state index is 11.9. The Morgan fingerprint density at radius 2 is 2.09 bits per heavy atom. The van der Waals surface area contributed by atoms with Gasteiger partial charge in [0.25, 0.3) is 0 Å². The molecule has 5 nitrogen and oxygen atoms in total. The van der Waals surface area contributed by atoms with Crippen molar-refractivity contribution >= 4 is 6.03 Å². The molecule has 1 aliphatic carbocycles. The highest BCUT2D eigenvalue weighted by molar-refractivity contribution is 5.74. The number of carbonyl (C=O) groups excluding carboxylic acids is 1. The predicted octanol–water partition coefficient (Wildman–Crippen LogP) is 2.10. The summed E-state index contributed by atoms with van der Waals surface area (Å²) >= 11 is 0. The summed E-state index contributed by atoms with van der Waals surface area (Å²) in [4.78, 5) is 14.6. The topological polar surface area (TPSA) is 64.6 Å². The van der Waals surface area contributed by atoms with Crippen LogP contribution in [-0.4, -0.2) is 53.9 Å². The Balaban J connectivity index is 1.66. The molecule has 3 unspecified atom stereocenters. The molecule has 3 N–H and O–H groups in total. The number of aliphatic hydroxyl groups is 1. The molecule has 0 aromatic carbocycles. The molecular weight excluding hydrogens is 278 g/mol. The summed E-state index contributed by atoms with van der Waals surface area (Å²) in [6.45, 7) is 6.96. The van der Waals surface area contributed by atoms with Gasteiger partial charge in [0.15, 0.2) is 0 Å². The second kappa shape index (κ2) is 8.73. The monoisotopic (exact) mass is 311 g/mol. The van der Waals surface area contributed by atoms with Crippen LogP contribution in [-0.2, 0) is 0 Å². The molecule has 22 heavy (non-hydrogen) atoms. The summed E-state index contributed by atoms with van der Waals surface area (Å²) < 4.78 is 0. The van der Waals surface area contributed by atoms with Crippen molar-refractivity contribution < 1.29 is 9.90 Å². The number of hydrogen-bond donors (Lipinski definition) is 3. The van der Waals surface area contributed by atoms with Crippen LogP contribution in [0.5, 0.6) is 0 Å². The van der Waals surface area contributed by atoms with E-state index in [1.54, 1.807) is 0 Å². The number of nitrogens with one attached hydrogen (secondary N) is 2. The molecule has 0 radical (unpaired) electrons. The van der Waals surface area contributed by atoms with Gasteiger partial charge < -0.3 is 20.6 Å². The number of likely N-dealkylation sites (tertiary alicyclic amines) is 1. The number of urea groups is 1. The molecule has 1 saturated heterocycles. The van der Waals surface area contributed by atoms with Gasteiger partial charge in [-0.05, 0) is 57.9 Å². The van der Waals surface area contributed by atoms with E-state index >= 15 is 0 Å². The second-order valence-corrected chi connectivity index (χ2v) is 7.02. The number of piperidine rings is 1. The number of amides is 2. The largest absolute Gasteiger partial charge is 0.393 e. The Hall–Kier alpha value is -0.810. The molecule has 1 aliphatic heterocycles. The molecule has 5 heteroatoms. The summed E-state index contributed by atoms with van der Waals surface area (Å²) in [5, 5.41) is 15.4. The lowest BCUT2D eigenvalue weighted by atomic mass is 9.86. The quantitative estimate of drug-likeness (QED) is 0.674. The van der Waals surface area contributed by atoms with Crippen LogP contribution >= 0.6 is 0 Å². The third-order valence-electron chi connectivity index (χ3n) is 5.38. The van der Waals surface area contributed by atoms with Gasteiger partial charge in [-0.3, -0.25) is 0 Å². The van der Waals surface area contributed by atoms with Gasteiger partial charge in [0.2, 0.25) is 0 Å². The molecule has 2 amide bonds. The first-order valence-corrected chi connectivity index (χ1v) is 9.06. The van der Waals surface area contributed by atoms with Crippen LogP contribution < -0.4 is 10.6 Å². The van der Waals surface area contributed by atoms with Gasteiger partial charge >= 0.3 is 6.03 Å². The van der Waals surface area contributed by atoms with Gasteiger partial charge in [-0.15, -0.1) is 0 Å². The number of hydrogen-bond acceptors (Lipinski definition) is 3. The Morgan fingerprint density at radius 1 is 1.32 bits per heavy atom. The van der Waals surface area contributed by atoms with Gasteiger partial charge in [0.05, 0.1) is 6.10 Å². The van der Waals surface area contributed by atoms with Crippen molar-refractivity contribution in [3.05, 3.63) is 0 Å². The van der Waals surface area contributed by atoms with E-state index in [2.05, 4.69) is 22.5 Å². The van der Waals surface area contributed by atoms with Crippen LogP contribution in [0.4, 0.5) is 4.79 Å². The molecule has 1 heterocycles. The number of carbonyl (C=O) groups is 1. The highest BCUT2D eigenvalue weighted by Gasteiger charge is 2.31. The molecule has 2 rings (SSSR count). The van der Waals surface area contributed by atoms with Crippen LogP contribution in [0, 0.1) is 5.92 Å². The summed E-state index contributed by atoms with van der Waals surface area (Å²) in [5.74, 6) is 0.557. The average molecular weight is 311 g/mol. The zero-order valence-electron chi connectivity index (χ0n) is 14.2. The van der Waals surface area contributed by atoms with Crippen LogP contribution in [0.1, 0.15) is 58.8 Å². The molecule has 0 aromatic heterocycles. The fourth-order valence-electron chi connectivity index (χ4n) is 3.46. The smallest absolute Gasteiger partial charge is 0.315 e. The minimum atomic E-state index is -0.313. The molecule has 1 saturated carbocycles. The zero-order chi connectivity index (χ0) is 15.9. The molecule has 2 aliphatic rings. The Labute approximate surface area is 134 Å². The van der Waals surface area contributed by atoms with E-state index < -0.39 is 0 Å². The van der Waals surface area contributed by atoms with Crippen molar-refractivity contribution in [2.24, 2.45) is 5.92 Å². The van der Waals surface area contributed by atoms with Gasteiger partial charge in [0, 0.05) is 25.2 Å². The van der Waals surface area contributed by atoms with Gasteiger partial charge in [-0.1, -0.05) is 13.3 Å². The van der Waals surface area contributed by atoms with Crippen molar-refractivity contribution in [3.63, 3.8) is 0 Å². The van der Waals surface area contributed by atoms with Crippen LogP contribution in [0.25, 0.3) is 0 Å². The van der Waals surface area contributed by atoms with Crippen molar-refractivity contribution in [2.45, 2.75) is 77.0 Å². The van der Waals surface area contributed by atoms with E-state index in [0.717, 1.165) is 19.0 Å². The van der Waals surface area contributed by atoms with E-state index in [4.69, 9.17) is 0 Å². The summed E-state index contributed by atoms with van der Waals surface area (Å²) in [5.41, 5.74) is 0. The first-order chi connectivity index (χ1) is 10.6. The summed E-state index contributed by atoms with van der Waals surface area (Å²) in [7, 11) is 0. The number of rotatable bonds is 7. The number of nitrogens with zero attached hydrogens (tertiary/aromatic N) is 1. The third kappa shape index (κ3) is 5.13. The van der Waals surface area contributed by atoms with E-state index in [1.165, 1.54) is 38.6 Å². The van der Waals surface area contributed by atoms with Gasteiger partial charge in [-0.2, -0.15) is 0 Å². The van der Waals surface area contributed by atoms with Crippen LogP contribution in [0.2, 0.25) is 0 Å². The lowest BCUT2D eigenvalue weighted by Gasteiger charge is -2.43. The first kappa shape index (κ1) is 17.5. The highest BCUT2D eigenvalue weighted by atomic mass is 16.3. The maximum Gasteiger partial charge on any atom is 0.315 e. The molecule has 128 valence electrons. The van der Waals surface area contributed by atoms with Crippen LogP contribution in [0.15, 0.2) is 0 Å². The highest BCUT2D eigenvalue weighted by Crippen LogP contribution is 2.30. The fourth-order valence-corrected chi connectivity index (χ4v) is 3.46. The Kier molecular flexibility index (Phi) is 6.96. The predicted molar refractivity (Wildman–Crippen MR) is 88.8 cm³/mol. The SMILES string of the molecule is CCC(O)CCNC(=O)NC(C)C1CCCN(C2CCC2)C1. The van der Waals surface area contributed by atoms with E-state index in [9.17, 15) is 9.90 Å². The Morgan fingerprint density at radius 3 is 2.73 bits per heavy atom. The molecule has 0 aromatic rings. The summed E-state index contributed by atoms with van der Waals surface area (Å²) in [6, 6.07) is 0.912. The number of aliphatic hydroxyl groups excluding tert-OH is 1. The van der Waals surface area contributed by atoms with Gasteiger partial charge in [0.1, 0.15) is 0 Å². The molecule has 2 fully saturated rings. The minimum absolute atomic E-state index is 0.100. The maximum atomic E-state index is 11.9. The summed E-state index contributed by atoms with van der Waals surface area (Å²) in [6.07, 6.45) is 7.59. The van der Waals surface area contributed by atoms with Crippen molar-refractivity contribution in [1.82, 2.24) is 15.5 Å².